The van der Waals surface area contributed by atoms with E-state index in [-0.39, 0.29) is 6.79 Å². The Hall–Kier alpha value is -2.24. The molecule has 1 aromatic carbocycles. The number of hydrogen-bond donors (Lipinski definition) is 2. The number of nitrogens with one attached hydrogen (secondary N) is 1. The van der Waals surface area contributed by atoms with E-state index < -0.39 is 17.9 Å². The van der Waals surface area contributed by atoms with Crippen LogP contribution in [0.3, 0.4) is 0 Å². The number of ether oxygens (including phenoxy) is 2. The standard InChI is InChI=1S/C11H11NO5/c1-6(11(14)15)12-10(13)7-2-3-8-9(4-7)17-5-16-8/h2-4,6H,5H2,1H3,(H,12,13)(H,14,15)/t6-/m1/s1. The minimum absolute atomic E-state index is 0.131. The summed E-state index contributed by atoms with van der Waals surface area (Å²) in [7, 11) is 0. The number of carbonyl (C=O) groups excluding carboxylic acids is 1. The quantitative estimate of drug-likeness (QED) is 0.804. The van der Waals surface area contributed by atoms with Crippen LogP contribution in [0.1, 0.15) is 17.3 Å². The lowest BCUT2D eigenvalue weighted by molar-refractivity contribution is -0.138. The number of hydrogen-bond acceptors (Lipinski definition) is 4. The number of aliphatic carboxylic acids is 1. The van der Waals surface area contributed by atoms with E-state index >= 15 is 0 Å². The van der Waals surface area contributed by atoms with Gasteiger partial charge in [-0.3, -0.25) is 9.59 Å². The lowest BCUT2D eigenvalue weighted by atomic mass is 10.2. The number of amides is 1. The minimum Gasteiger partial charge on any atom is -0.480 e. The van der Waals surface area contributed by atoms with Gasteiger partial charge in [-0.25, -0.2) is 0 Å². The van der Waals surface area contributed by atoms with Crippen LogP contribution in [0.25, 0.3) is 0 Å². The molecule has 17 heavy (non-hydrogen) atoms. The Bertz CT molecular complexity index is 471. The zero-order valence-electron chi connectivity index (χ0n) is 9.10. The number of carboxylic acid groups (broad SMARTS) is 1. The molecule has 6 nitrogen and oxygen atoms in total. The maximum atomic E-state index is 11.7. The van der Waals surface area contributed by atoms with Gasteiger partial charge in [-0.1, -0.05) is 0 Å². The highest BCUT2D eigenvalue weighted by Crippen LogP contribution is 2.32. The van der Waals surface area contributed by atoms with Crippen LogP contribution in [0.5, 0.6) is 11.5 Å². The molecule has 0 bridgehead atoms. The lowest BCUT2D eigenvalue weighted by Crippen LogP contribution is -2.38. The van der Waals surface area contributed by atoms with Crippen molar-refractivity contribution in [2.45, 2.75) is 13.0 Å². The van der Waals surface area contributed by atoms with E-state index in [1.165, 1.54) is 13.0 Å². The average molecular weight is 237 g/mol. The Kier molecular flexibility index (Phi) is 2.86. The largest absolute Gasteiger partial charge is 0.480 e. The first-order chi connectivity index (χ1) is 8.08. The van der Waals surface area contributed by atoms with Crippen LogP contribution in [0.4, 0.5) is 0 Å². The minimum atomic E-state index is -1.08. The molecular weight excluding hydrogens is 226 g/mol. The zero-order valence-corrected chi connectivity index (χ0v) is 9.10. The fraction of sp³-hybridized carbons (Fsp3) is 0.273. The SMILES string of the molecule is C[C@@H](NC(=O)c1ccc2c(c1)OCO2)C(=O)O. The Morgan fingerprint density at radius 2 is 2.06 bits per heavy atom. The molecule has 0 saturated heterocycles. The first-order valence-electron chi connectivity index (χ1n) is 5.01. The third kappa shape index (κ3) is 2.30. The summed E-state index contributed by atoms with van der Waals surface area (Å²) < 4.78 is 10.2. The fourth-order valence-corrected chi connectivity index (χ4v) is 1.38. The fourth-order valence-electron chi connectivity index (χ4n) is 1.38. The molecule has 6 heteroatoms. The summed E-state index contributed by atoms with van der Waals surface area (Å²) in [6, 6.07) is 3.75. The molecule has 0 aliphatic carbocycles. The van der Waals surface area contributed by atoms with E-state index in [1.54, 1.807) is 12.1 Å². The van der Waals surface area contributed by atoms with Crippen molar-refractivity contribution < 1.29 is 24.2 Å². The van der Waals surface area contributed by atoms with Crippen molar-refractivity contribution in [3.8, 4) is 11.5 Å². The van der Waals surface area contributed by atoms with Crippen LogP contribution in [0.2, 0.25) is 0 Å². The van der Waals surface area contributed by atoms with Crippen LogP contribution in [-0.2, 0) is 4.79 Å². The molecule has 1 aliphatic heterocycles. The zero-order chi connectivity index (χ0) is 12.4. The van der Waals surface area contributed by atoms with E-state index in [4.69, 9.17) is 14.6 Å². The number of carbonyl (C=O) groups is 2. The second-order valence-corrected chi connectivity index (χ2v) is 3.60. The highest BCUT2D eigenvalue weighted by molar-refractivity contribution is 5.97. The van der Waals surface area contributed by atoms with Crippen molar-refractivity contribution in [1.29, 1.82) is 0 Å². The summed E-state index contributed by atoms with van der Waals surface area (Å²) in [5.74, 6) is -0.481. The Balaban J connectivity index is 2.12. The van der Waals surface area contributed by atoms with Gasteiger partial charge in [0.05, 0.1) is 0 Å². The summed E-state index contributed by atoms with van der Waals surface area (Å²) in [6.45, 7) is 1.53. The normalized spacial score (nSPS) is 14.2. The van der Waals surface area contributed by atoms with Gasteiger partial charge in [0, 0.05) is 5.56 Å². The van der Waals surface area contributed by atoms with Crippen molar-refractivity contribution >= 4 is 11.9 Å². The molecule has 90 valence electrons. The van der Waals surface area contributed by atoms with Crippen LogP contribution >= 0.6 is 0 Å². The van der Waals surface area contributed by atoms with E-state index in [0.717, 1.165) is 0 Å². The molecule has 0 aromatic heterocycles. The highest BCUT2D eigenvalue weighted by Gasteiger charge is 2.19. The van der Waals surface area contributed by atoms with E-state index in [9.17, 15) is 9.59 Å². The van der Waals surface area contributed by atoms with Gasteiger partial charge in [-0.15, -0.1) is 0 Å². The molecule has 2 rings (SSSR count). The van der Waals surface area contributed by atoms with Gasteiger partial charge in [0.2, 0.25) is 6.79 Å². The van der Waals surface area contributed by atoms with E-state index in [0.29, 0.717) is 17.1 Å². The van der Waals surface area contributed by atoms with Gasteiger partial charge in [0.25, 0.3) is 5.91 Å². The van der Waals surface area contributed by atoms with Gasteiger partial charge >= 0.3 is 5.97 Å². The van der Waals surface area contributed by atoms with Crippen LogP contribution < -0.4 is 14.8 Å². The number of rotatable bonds is 3. The Morgan fingerprint density at radius 3 is 2.76 bits per heavy atom. The third-order valence-electron chi connectivity index (χ3n) is 2.35. The van der Waals surface area contributed by atoms with Crippen LogP contribution in [-0.4, -0.2) is 29.8 Å². The topological polar surface area (TPSA) is 84.9 Å². The predicted molar refractivity (Wildman–Crippen MR) is 57.1 cm³/mol. The van der Waals surface area contributed by atoms with E-state index in [1.807, 2.05) is 0 Å². The smallest absolute Gasteiger partial charge is 0.325 e. The molecular formula is C11H11NO5. The Morgan fingerprint density at radius 1 is 1.35 bits per heavy atom. The summed E-state index contributed by atoms with van der Waals surface area (Å²) in [5.41, 5.74) is 0.336. The van der Waals surface area contributed by atoms with Crippen LogP contribution in [0, 0.1) is 0 Å². The highest BCUT2D eigenvalue weighted by atomic mass is 16.7. The predicted octanol–water partition coefficient (Wildman–Crippen LogP) is 0.618. The van der Waals surface area contributed by atoms with Gasteiger partial charge in [0.1, 0.15) is 6.04 Å². The lowest BCUT2D eigenvalue weighted by Gasteiger charge is -2.09. The maximum absolute atomic E-state index is 11.7. The molecule has 1 aromatic rings. The molecule has 0 radical (unpaired) electrons. The second-order valence-electron chi connectivity index (χ2n) is 3.60. The first kappa shape index (κ1) is 11.3. The number of fused-ring (bicyclic) bond motifs is 1. The first-order valence-corrected chi connectivity index (χ1v) is 5.01. The van der Waals surface area contributed by atoms with Crippen molar-refractivity contribution in [2.75, 3.05) is 6.79 Å². The van der Waals surface area contributed by atoms with E-state index in [2.05, 4.69) is 5.32 Å². The maximum Gasteiger partial charge on any atom is 0.325 e. The summed E-state index contributed by atoms with van der Waals surface area (Å²) in [5, 5.41) is 11.0. The number of carboxylic acids is 1. The molecule has 0 fully saturated rings. The van der Waals surface area contributed by atoms with Crippen LogP contribution in [0.15, 0.2) is 18.2 Å². The van der Waals surface area contributed by atoms with Gasteiger partial charge in [-0.2, -0.15) is 0 Å². The molecule has 1 atom stereocenters. The third-order valence-corrected chi connectivity index (χ3v) is 2.35. The molecule has 1 aliphatic rings. The van der Waals surface area contributed by atoms with Gasteiger partial charge in [-0.05, 0) is 25.1 Å². The van der Waals surface area contributed by atoms with Crippen molar-refractivity contribution in [2.24, 2.45) is 0 Å². The number of benzene rings is 1. The molecule has 0 unspecified atom stereocenters. The van der Waals surface area contributed by atoms with Crippen molar-refractivity contribution in [3.63, 3.8) is 0 Å². The molecule has 1 heterocycles. The summed E-state index contributed by atoms with van der Waals surface area (Å²) >= 11 is 0. The summed E-state index contributed by atoms with van der Waals surface area (Å²) in [6.07, 6.45) is 0. The van der Waals surface area contributed by atoms with Crippen molar-refractivity contribution in [3.05, 3.63) is 23.8 Å². The monoisotopic (exact) mass is 237 g/mol. The van der Waals surface area contributed by atoms with Gasteiger partial charge < -0.3 is 19.9 Å². The molecule has 0 spiro atoms. The Labute approximate surface area is 97.1 Å². The molecule has 0 saturated carbocycles. The molecule has 1 amide bonds. The molecule has 2 N–H and O–H groups in total. The second kappa shape index (κ2) is 4.32. The van der Waals surface area contributed by atoms with Gasteiger partial charge in [0.15, 0.2) is 11.5 Å². The summed E-state index contributed by atoms with van der Waals surface area (Å²) in [4.78, 5) is 22.3. The van der Waals surface area contributed by atoms with Crippen molar-refractivity contribution in [1.82, 2.24) is 5.32 Å². The average Bonchev–Trinajstić information content (AvgIpc) is 2.75.